The van der Waals surface area contributed by atoms with Crippen LogP contribution in [0, 0.1) is 0 Å². The summed E-state index contributed by atoms with van der Waals surface area (Å²) in [6.45, 7) is 4.62. The highest BCUT2D eigenvalue weighted by atomic mass is 31.2. The minimum atomic E-state index is -3.85. The highest BCUT2D eigenvalue weighted by Gasteiger charge is 2.19. The molecule has 0 aliphatic heterocycles. The maximum atomic E-state index is 11.4. The van der Waals surface area contributed by atoms with Gasteiger partial charge in [-0.1, -0.05) is 26.2 Å². The second kappa shape index (κ2) is 11.4. The molecule has 0 rings (SSSR count). The van der Waals surface area contributed by atoms with E-state index in [1.807, 2.05) is 6.92 Å². The Morgan fingerprint density at radius 2 is 1.68 bits per heavy atom. The molecule has 0 bridgehead atoms. The zero-order valence-electron chi connectivity index (χ0n) is 11.9. The molecule has 7 heteroatoms. The Hall–Kier alpha value is -0.420. The van der Waals surface area contributed by atoms with E-state index in [0.29, 0.717) is 13.0 Å². The van der Waals surface area contributed by atoms with Crippen LogP contribution in [0.1, 0.15) is 52.4 Å². The fourth-order valence-electron chi connectivity index (χ4n) is 1.39. The first kappa shape index (κ1) is 18.6. The van der Waals surface area contributed by atoms with E-state index in [2.05, 4.69) is 5.32 Å². The normalized spacial score (nSPS) is 14.1. The van der Waals surface area contributed by atoms with Crippen molar-refractivity contribution in [2.24, 2.45) is 0 Å². The molecule has 0 aromatic heterocycles. The largest absolute Gasteiger partial charge is 0.472 e. The summed E-state index contributed by atoms with van der Waals surface area (Å²) >= 11 is 0. The van der Waals surface area contributed by atoms with Gasteiger partial charge in [0.15, 0.2) is 0 Å². The van der Waals surface area contributed by atoms with E-state index < -0.39 is 7.82 Å². The van der Waals surface area contributed by atoms with Crippen molar-refractivity contribution in [3.05, 3.63) is 0 Å². The van der Waals surface area contributed by atoms with Gasteiger partial charge in [-0.15, -0.1) is 0 Å². The first-order valence-corrected chi connectivity index (χ1v) is 8.34. The first-order chi connectivity index (χ1) is 8.98. The van der Waals surface area contributed by atoms with Crippen molar-refractivity contribution in [2.75, 3.05) is 19.8 Å². The lowest BCUT2D eigenvalue weighted by molar-refractivity contribution is -0.118. The highest BCUT2D eigenvalue weighted by Crippen LogP contribution is 2.43. The molecule has 0 spiro atoms. The third-order valence-corrected chi connectivity index (χ3v) is 3.47. The van der Waals surface area contributed by atoms with Crippen LogP contribution in [-0.2, 0) is 18.4 Å². The molecular formula is C12H26NO5P. The lowest BCUT2D eigenvalue weighted by atomic mass is 10.2. The van der Waals surface area contributed by atoms with Crippen molar-refractivity contribution in [3.63, 3.8) is 0 Å². The average molecular weight is 295 g/mol. The molecule has 0 aliphatic carbocycles. The monoisotopic (exact) mass is 295 g/mol. The van der Waals surface area contributed by atoms with Crippen LogP contribution in [0.15, 0.2) is 0 Å². The summed E-state index contributed by atoms with van der Waals surface area (Å²) in [5.41, 5.74) is 0. The Bertz CT molecular complexity index is 285. The van der Waals surface area contributed by atoms with Crippen molar-refractivity contribution >= 4 is 13.7 Å². The minimum Gasteiger partial charge on any atom is -0.356 e. The zero-order valence-corrected chi connectivity index (χ0v) is 12.8. The maximum absolute atomic E-state index is 11.4. The predicted octanol–water partition coefficient (Wildman–Crippen LogP) is 2.62. The van der Waals surface area contributed by atoms with Crippen LogP contribution in [0.2, 0.25) is 0 Å². The standard InChI is InChI=1S/C12H26NO5P/c1-3-4-10-17-19(15,16)18-11-8-6-5-7-9-13-12(2)14/h3-11H2,1-2H3,(H,13,14)(H,15,16). The smallest absolute Gasteiger partial charge is 0.356 e. The number of amides is 1. The SMILES string of the molecule is CCCCOP(=O)(O)OCCCCCCNC(C)=O. The van der Waals surface area contributed by atoms with Crippen LogP contribution < -0.4 is 5.32 Å². The molecule has 1 unspecified atom stereocenters. The Morgan fingerprint density at radius 1 is 1.11 bits per heavy atom. The third-order valence-electron chi connectivity index (χ3n) is 2.45. The summed E-state index contributed by atoms with van der Waals surface area (Å²) in [5, 5.41) is 2.71. The van der Waals surface area contributed by atoms with E-state index in [0.717, 1.165) is 32.1 Å². The number of unbranched alkanes of at least 4 members (excludes halogenated alkanes) is 4. The van der Waals surface area contributed by atoms with Gasteiger partial charge in [0.25, 0.3) is 0 Å². The van der Waals surface area contributed by atoms with Crippen LogP contribution in [0.3, 0.4) is 0 Å². The second-order valence-corrected chi connectivity index (χ2v) is 5.84. The zero-order chi connectivity index (χ0) is 14.6. The number of phosphoric acid groups is 1. The van der Waals surface area contributed by atoms with Gasteiger partial charge < -0.3 is 10.2 Å². The van der Waals surface area contributed by atoms with Crippen LogP contribution in [0.5, 0.6) is 0 Å². The molecule has 0 saturated carbocycles. The number of hydrogen-bond acceptors (Lipinski definition) is 4. The molecule has 0 radical (unpaired) electrons. The molecule has 2 N–H and O–H groups in total. The third kappa shape index (κ3) is 13.8. The molecular weight excluding hydrogens is 269 g/mol. The molecule has 0 aromatic carbocycles. The van der Waals surface area contributed by atoms with Crippen molar-refractivity contribution in [2.45, 2.75) is 52.4 Å². The molecule has 0 heterocycles. The number of rotatable bonds is 12. The summed E-state index contributed by atoms with van der Waals surface area (Å²) in [6, 6.07) is 0. The minimum absolute atomic E-state index is 0.0196. The van der Waals surface area contributed by atoms with Gasteiger partial charge in [-0.25, -0.2) is 4.57 Å². The fourth-order valence-corrected chi connectivity index (χ4v) is 2.18. The van der Waals surface area contributed by atoms with Crippen molar-refractivity contribution in [1.29, 1.82) is 0 Å². The van der Waals surface area contributed by atoms with Crippen LogP contribution in [0.25, 0.3) is 0 Å². The molecule has 0 saturated heterocycles. The molecule has 19 heavy (non-hydrogen) atoms. The van der Waals surface area contributed by atoms with E-state index in [9.17, 15) is 14.3 Å². The van der Waals surface area contributed by atoms with E-state index in [1.165, 1.54) is 6.92 Å². The number of nitrogens with one attached hydrogen (secondary N) is 1. The molecule has 114 valence electrons. The second-order valence-electron chi connectivity index (χ2n) is 4.39. The quantitative estimate of drug-likeness (QED) is 0.427. The van der Waals surface area contributed by atoms with Gasteiger partial charge in [0.1, 0.15) is 0 Å². The summed E-state index contributed by atoms with van der Waals surface area (Å²) < 4.78 is 21.0. The van der Waals surface area contributed by atoms with Gasteiger partial charge in [0.05, 0.1) is 13.2 Å². The first-order valence-electron chi connectivity index (χ1n) is 6.84. The molecule has 0 aliphatic rings. The number of phosphoric ester groups is 1. The lowest BCUT2D eigenvalue weighted by Gasteiger charge is -2.11. The number of hydrogen-bond donors (Lipinski definition) is 2. The summed E-state index contributed by atoms with van der Waals surface area (Å²) in [4.78, 5) is 19.9. The Balaban J connectivity index is 3.37. The van der Waals surface area contributed by atoms with E-state index >= 15 is 0 Å². The number of carbonyl (C=O) groups excluding carboxylic acids is 1. The topological polar surface area (TPSA) is 84.9 Å². The Labute approximate surface area is 115 Å². The summed E-state index contributed by atoms with van der Waals surface area (Å²) in [5.74, 6) is -0.0196. The van der Waals surface area contributed by atoms with Gasteiger partial charge in [-0.05, 0) is 19.3 Å². The highest BCUT2D eigenvalue weighted by molar-refractivity contribution is 7.47. The van der Waals surface area contributed by atoms with Gasteiger partial charge in [0.2, 0.25) is 5.91 Å². The number of carbonyl (C=O) groups is 1. The van der Waals surface area contributed by atoms with Crippen molar-refractivity contribution in [3.8, 4) is 0 Å². The average Bonchev–Trinajstić information content (AvgIpc) is 2.32. The van der Waals surface area contributed by atoms with Crippen molar-refractivity contribution in [1.82, 2.24) is 5.32 Å². The lowest BCUT2D eigenvalue weighted by Crippen LogP contribution is -2.20. The summed E-state index contributed by atoms with van der Waals surface area (Å²) in [7, 11) is -3.85. The fraction of sp³-hybridized carbons (Fsp3) is 0.917. The van der Waals surface area contributed by atoms with Crippen LogP contribution in [0.4, 0.5) is 0 Å². The molecule has 1 amide bonds. The van der Waals surface area contributed by atoms with Gasteiger partial charge in [-0.3, -0.25) is 13.8 Å². The van der Waals surface area contributed by atoms with E-state index in [1.54, 1.807) is 0 Å². The van der Waals surface area contributed by atoms with E-state index in [4.69, 9.17) is 9.05 Å². The van der Waals surface area contributed by atoms with Gasteiger partial charge >= 0.3 is 7.82 Å². The van der Waals surface area contributed by atoms with Crippen LogP contribution in [-0.4, -0.2) is 30.6 Å². The predicted molar refractivity (Wildman–Crippen MR) is 73.8 cm³/mol. The van der Waals surface area contributed by atoms with Crippen molar-refractivity contribution < 1.29 is 23.3 Å². The molecule has 0 fully saturated rings. The molecule has 6 nitrogen and oxygen atoms in total. The van der Waals surface area contributed by atoms with E-state index in [-0.39, 0.29) is 19.1 Å². The Morgan fingerprint density at radius 3 is 2.26 bits per heavy atom. The Kier molecular flexibility index (Phi) is 11.2. The van der Waals surface area contributed by atoms with Gasteiger partial charge in [0, 0.05) is 13.5 Å². The molecule has 1 atom stereocenters. The van der Waals surface area contributed by atoms with Gasteiger partial charge in [-0.2, -0.15) is 0 Å². The maximum Gasteiger partial charge on any atom is 0.472 e. The summed E-state index contributed by atoms with van der Waals surface area (Å²) in [6.07, 6.45) is 5.13. The van der Waals surface area contributed by atoms with Crippen LogP contribution >= 0.6 is 7.82 Å². The molecule has 0 aromatic rings.